The number of nitrogens with zero attached hydrogens (tertiary/aromatic N) is 3. The maximum absolute atomic E-state index is 13.9. The average molecular weight is 541 g/mol. The summed E-state index contributed by atoms with van der Waals surface area (Å²) in [5.74, 6) is -2.61. The molecule has 0 aliphatic heterocycles. The smallest absolute Gasteiger partial charge is 0.348 e. The monoisotopic (exact) mass is 540 g/mol. The number of alkyl halides is 3. The van der Waals surface area contributed by atoms with Crippen molar-refractivity contribution in [2.45, 2.75) is 26.6 Å². The van der Waals surface area contributed by atoms with Crippen LogP contribution in [0.4, 0.5) is 34.8 Å². The largest absolute Gasteiger partial charge is 0.416 e. The highest BCUT2D eigenvalue weighted by Crippen LogP contribution is 2.31. The number of para-hydroxylation sites is 1. The second-order valence-electron chi connectivity index (χ2n) is 8.84. The molecule has 0 atom stereocenters. The molecule has 4 aromatic rings. The molecule has 0 radical (unpaired) electrons. The molecule has 202 valence electrons. The first-order chi connectivity index (χ1) is 18.4. The molecule has 2 amide bonds. The summed E-state index contributed by atoms with van der Waals surface area (Å²) in [6, 6.07) is 10.1. The SMILES string of the molecule is Cc1ccccc1Nc1ncc(C(=O)NCc2cn(C)nc2C)cc1NC(=O)c1cc(F)cc(C(F)(F)F)c1. The van der Waals surface area contributed by atoms with Crippen LogP contribution in [0.25, 0.3) is 0 Å². The van der Waals surface area contributed by atoms with E-state index >= 15 is 0 Å². The normalized spacial score (nSPS) is 11.3. The van der Waals surface area contributed by atoms with Crippen LogP contribution in [0.1, 0.15) is 43.1 Å². The summed E-state index contributed by atoms with van der Waals surface area (Å²) in [6.07, 6.45) is -1.78. The Morgan fingerprint density at radius 3 is 2.38 bits per heavy atom. The summed E-state index contributed by atoms with van der Waals surface area (Å²) in [7, 11) is 1.76. The topological polar surface area (TPSA) is 101 Å². The van der Waals surface area contributed by atoms with E-state index in [0.717, 1.165) is 16.8 Å². The van der Waals surface area contributed by atoms with E-state index in [9.17, 15) is 27.2 Å². The van der Waals surface area contributed by atoms with E-state index < -0.39 is 34.9 Å². The highest BCUT2D eigenvalue weighted by Gasteiger charge is 2.32. The van der Waals surface area contributed by atoms with Crippen molar-refractivity contribution in [1.29, 1.82) is 0 Å². The van der Waals surface area contributed by atoms with E-state index in [1.165, 1.54) is 12.3 Å². The number of aryl methyl sites for hydroxylation is 3. The predicted octanol–water partition coefficient (Wildman–Crippen LogP) is 5.52. The molecule has 0 saturated heterocycles. The highest BCUT2D eigenvalue weighted by molar-refractivity contribution is 6.07. The van der Waals surface area contributed by atoms with Crippen LogP contribution in [-0.4, -0.2) is 26.6 Å². The molecule has 2 heterocycles. The number of carbonyl (C=O) groups is 2. The lowest BCUT2D eigenvalue weighted by Crippen LogP contribution is -2.24. The zero-order valence-corrected chi connectivity index (χ0v) is 21.2. The Kier molecular flexibility index (Phi) is 7.65. The molecule has 39 heavy (non-hydrogen) atoms. The first-order valence-corrected chi connectivity index (χ1v) is 11.7. The fourth-order valence-electron chi connectivity index (χ4n) is 3.80. The van der Waals surface area contributed by atoms with Gasteiger partial charge in [-0.3, -0.25) is 14.3 Å². The first kappa shape index (κ1) is 27.3. The van der Waals surface area contributed by atoms with Crippen LogP contribution >= 0.6 is 0 Å². The Morgan fingerprint density at radius 1 is 0.974 bits per heavy atom. The average Bonchev–Trinajstić information content (AvgIpc) is 3.20. The first-order valence-electron chi connectivity index (χ1n) is 11.7. The summed E-state index contributed by atoms with van der Waals surface area (Å²) in [6.45, 7) is 3.83. The Labute approximate surface area is 221 Å². The standard InChI is InChI=1S/C27H24F4N6O2/c1-15-6-4-5-7-22(15)34-24-23(35-26(39)17-8-20(27(29,30)31)11-21(28)9-17)10-18(12-32-24)25(38)33-13-19-14-37(3)36-16(19)2/h4-12,14H,13H2,1-3H3,(H,32,34)(H,33,38)(H,35,39). The van der Waals surface area contributed by atoms with Gasteiger partial charge in [0.25, 0.3) is 11.8 Å². The molecular weight excluding hydrogens is 516 g/mol. The molecule has 8 nitrogen and oxygen atoms in total. The lowest BCUT2D eigenvalue weighted by Gasteiger charge is -2.16. The van der Waals surface area contributed by atoms with E-state index in [1.54, 1.807) is 37.0 Å². The third-order valence-corrected chi connectivity index (χ3v) is 5.84. The Balaban J connectivity index is 1.65. The van der Waals surface area contributed by atoms with Gasteiger partial charge in [0.05, 0.1) is 22.5 Å². The van der Waals surface area contributed by atoms with Gasteiger partial charge >= 0.3 is 6.18 Å². The minimum Gasteiger partial charge on any atom is -0.348 e. The number of anilines is 3. The van der Waals surface area contributed by atoms with Crippen molar-refractivity contribution in [2.24, 2.45) is 7.05 Å². The van der Waals surface area contributed by atoms with Gasteiger partial charge in [0, 0.05) is 42.8 Å². The fourth-order valence-corrected chi connectivity index (χ4v) is 3.80. The Hall–Kier alpha value is -4.74. The molecule has 0 saturated carbocycles. The van der Waals surface area contributed by atoms with Crippen molar-refractivity contribution < 1.29 is 27.2 Å². The lowest BCUT2D eigenvalue weighted by atomic mass is 10.1. The molecule has 4 rings (SSSR count). The van der Waals surface area contributed by atoms with Gasteiger partial charge < -0.3 is 16.0 Å². The summed E-state index contributed by atoms with van der Waals surface area (Å²) >= 11 is 0. The highest BCUT2D eigenvalue weighted by atomic mass is 19.4. The second-order valence-corrected chi connectivity index (χ2v) is 8.84. The number of nitrogens with one attached hydrogen (secondary N) is 3. The van der Waals surface area contributed by atoms with Gasteiger partial charge in [0.1, 0.15) is 5.82 Å². The summed E-state index contributed by atoms with van der Waals surface area (Å²) < 4.78 is 55.1. The summed E-state index contributed by atoms with van der Waals surface area (Å²) in [5, 5.41) is 12.5. The Morgan fingerprint density at radius 2 is 1.72 bits per heavy atom. The van der Waals surface area contributed by atoms with Crippen molar-refractivity contribution in [2.75, 3.05) is 10.6 Å². The van der Waals surface area contributed by atoms with Crippen molar-refractivity contribution >= 4 is 29.0 Å². The quantitative estimate of drug-likeness (QED) is 0.268. The van der Waals surface area contributed by atoms with Crippen LogP contribution in [0.2, 0.25) is 0 Å². The van der Waals surface area contributed by atoms with Crippen LogP contribution in [0.15, 0.2) is 60.9 Å². The molecule has 3 N–H and O–H groups in total. The molecular formula is C27H24F4N6O2. The van der Waals surface area contributed by atoms with Gasteiger partial charge in [-0.05, 0) is 49.7 Å². The Bertz CT molecular complexity index is 1550. The number of pyridine rings is 1. The van der Waals surface area contributed by atoms with Gasteiger partial charge in [-0.15, -0.1) is 0 Å². The van der Waals surface area contributed by atoms with Gasteiger partial charge in [-0.2, -0.15) is 18.3 Å². The predicted molar refractivity (Wildman–Crippen MR) is 137 cm³/mol. The number of hydrogen-bond donors (Lipinski definition) is 3. The van der Waals surface area contributed by atoms with Crippen LogP contribution in [0, 0.1) is 19.7 Å². The van der Waals surface area contributed by atoms with Crippen molar-refractivity contribution in [3.05, 3.63) is 100 Å². The van der Waals surface area contributed by atoms with Gasteiger partial charge in [0.2, 0.25) is 0 Å². The maximum Gasteiger partial charge on any atom is 0.416 e. The van der Waals surface area contributed by atoms with Crippen LogP contribution in [-0.2, 0) is 19.8 Å². The zero-order chi connectivity index (χ0) is 28.3. The van der Waals surface area contributed by atoms with Gasteiger partial charge in [-0.25, -0.2) is 9.37 Å². The maximum atomic E-state index is 13.9. The number of aromatic nitrogens is 3. The number of hydrogen-bond acceptors (Lipinski definition) is 5. The van der Waals surface area contributed by atoms with E-state index in [0.29, 0.717) is 23.9 Å². The van der Waals surface area contributed by atoms with Crippen molar-refractivity contribution in [3.8, 4) is 0 Å². The number of benzene rings is 2. The minimum atomic E-state index is -4.85. The zero-order valence-electron chi connectivity index (χ0n) is 21.2. The molecule has 2 aromatic carbocycles. The van der Waals surface area contributed by atoms with Crippen LogP contribution in [0.5, 0.6) is 0 Å². The van der Waals surface area contributed by atoms with Crippen molar-refractivity contribution in [1.82, 2.24) is 20.1 Å². The number of rotatable bonds is 7. The van der Waals surface area contributed by atoms with Gasteiger partial charge in [0.15, 0.2) is 5.82 Å². The molecule has 0 aliphatic rings. The van der Waals surface area contributed by atoms with E-state index in [-0.39, 0.29) is 23.6 Å². The van der Waals surface area contributed by atoms with Crippen LogP contribution in [0.3, 0.4) is 0 Å². The number of amides is 2. The molecule has 0 aliphatic carbocycles. The van der Waals surface area contributed by atoms with Crippen molar-refractivity contribution in [3.63, 3.8) is 0 Å². The fraction of sp³-hybridized carbons (Fsp3) is 0.185. The second kappa shape index (κ2) is 10.9. The number of carbonyl (C=O) groups excluding carboxylic acids is 2. The summed E-state index contributed by atoms with van der Waals surface area (Å²) in [5.41, 5.74) is 1.28. The van der Waals surface area contributed by atoms with Crippen LogP contribution < -0.4 is 16.0 Å². The molecule has 12 heteroatoms. The lowest BCUT2D eigenvalue weighted by molar-refractivity contribution is -0.137. The third kappa shape index (κ3) is 6.58. The molecule has 0 bridgehead atoms. The van der Waals surface area contributed by atoms with E-state index in [1.807, 2.05) is 19.1 Å². The molecule has 0 fully saturated rings. The van der Waals surface area contributed by atoms with E-state index in [2.05, 4.69) is 26.0 Å². The van der Waals surface area contributed by atoms with Gasteiger partial charge in [-0.1, -0.05) is 18.2 Å². The third-order valence-electron chi connectivity index (χ3n) is 5.84. The minimum absolute atomic E-state index is 0.00582. The van der Waals surface area contributed by atoms with E-state index in [4.69, 9.17) is 0 Å². The summed E-state index contributed by atoms with van der Waals surface area (Å²) in [4.78, 5) is 30.1. The molecule has 0 spiro atoms. The number of halogens is 4. The molecule has 2 aromatic heterocycles. The molecule has 0 unspecified atom stereocenters.